The molecule has 3 rings (SSSR count). The number of halogens is 1. The summed E-state index contributed by atoms with van der Waals surface area (Å²) in [4.78, 5) is 17.9. The zero-order valence-corrected chi connectivity index (χ0v) is 16.1. The largest absolute Gasteiger partial charge is 0.382 e. The summed E-state index contributed by atoms with van der Waals surface area (Å²) in [6.45, 7) is 6.74. The molecule has 1 aliphatic rings. The minimum Gasteiger partial charge on any atom is -0.382 e. The van der Waals surface area contributed by atoms with Crippen molar-refractivity contribution in [1.82, 2.24) is 15.1 Å². The monoisotopic (exact) mass is 404 g/mol. The number of benzene rings is 1. The molecule has 132 valence electrons. The van der Waals surface area contributed by atoms with Crippen LogP contribution in [0.5, 0.6) is 0 Å². The molecule has 2 aromatic rings. The second-order valence-electron chi connectivity index (χ2n) is 6.10. The number of carbonyl (C=O) groups is 1. The Hall–Kier alpha value is -2.15. The molecular weight excluding hydrogens is 384 g/mol. The maximum atomic E-state index is 12.5. The Balaban J connectivity index is 1.62. The summed E-state index contributed by atoms with van der Waals surface area (Å²) < 4.78 is 2.84. The smallest absolute Gasteiger partial charge is 0.264 e. The SMILES string of the molecule is CCn1cc(C(C)NC(=O)C2CC(c3cccc(Br)c3)=NO2)c(C)n1. The first-order valence-electron chi connectivity index (χ1n) is 8.31. The molecule has 1 amide bonds. The van der Waals surface area contributed by atoms with Crippen molar-refractivity contribution < 1.29 is 9.63 Å². The van der Waals surface area contributed by atoms with Gasteiger partial charge >= 0.3 is 0 Å². The van der Waals surface area contributed by atoms with Gasteiger partial charge in [-0.25, -0.2) is 0 Å². The molecule has 0 aliphatic carbocycles. The molecule has 0 saturated heterocycles. The van der Waals surface area contributed by atoms with E-state index in [1.54, 1.807) is 0 Å². The first-order chi connectivity index (χ1) is 12.0. The zero-order valence-electron chi connectivity index (χ0n) is 14.5. The Morgan fingerprint density at radius 1 is 1.52 bits per heavy atom. The normalized spacial score (nSPS) is 17.8. The molecule has 2 atom stereocenters. The van der Waals surface area contributed by atoms with Crippen molar-refractivity contribution in [2.75, 3.05) is 0 Å². The van der Waals surface area contributed by atoms with E-state index in [-0.39, 0.29) is 11.9 Å². The van der Waals surface area contributed by atoms with E-state index in [1.165, 1.54) is 0 Å². The third-order valence-electron chi connectivity index (χ3n) is 4.25. The summed E-state index contributed by atoms with van der Waals surface area (Å²) in [6, 6.07) is 7.67. The highest BCUT2D eigenvalue weighted by atomic mass is 79.9. The number of amides is 1. The molecule has 25 heavy (non-hydrogen) atoms. The molecule has 2 unspecified atom stereocenters. The van der Waals surface area contributed by atoms with Gasteiger partial charge in [-0.15, -0.1) is 0 Å². The maximum absolute atomic E-state index is 12.5. The molecule has 1 aliphatic heterocycles. The fraction of sp³-hybridized carbons (Fsp3) is 0.389. The first-order valence-corrected chi connectivity index (χ1v) is 9.10. The summed E-state index contributed by atoms with van der Waals surface area (Å²) in [5, 5.41) is 11.5. The van der Waals surface area contributed by atoms with Crippen molar-refractivity contribution in [3.8, 4) is 0 Å². The van der Waals surface area contributed by atoms with Crippen molar-refractivity contribution in [3.05, 3.63) is 51.8 Å². The number of aryl methyl sites for hydroxylation is 2. The van der Waals surface area contributed by atoms with E-state index in [2.05, 4.69) is 31.5 Å². The molecule has 0 bridgehead atoms. The highest BCUT2D eigenvalue weighted by Crippen LogP contribution is 2.21. The number of nitrogens with zero attached hydrogens (tertiary/aromatic N) is 3. The second-order valence-corrected chi connectivity index (χ2v) is 7.02. The van der Waals surface area contributed by atoms with Crippen LogP contribution in [0.1, 0.15) is 43.1 Å². The van der Waals surface area contributed by atoms with Gasteiger partial charge in [0.25, 0.3) is 5.91 Å². The van der Waals surface area contributed by atoms with Crippen LogP contribution in [0.2, 0.25) is 0 Å². The van der Waals surface area contributed by atoms with Gasteiger partial charge in [0.05, 0.1) is 17.4 Å². The first kappa shape index (κ1) is 17.7. The maximum Gasteiger partial charge on any atom is 0.264 e. The predicted octanol–water partition coefficient (Wildman–Crippen LogP) is 3.34. The Morgan fingerprint density at radius 2 is 2.32 bits per heavy atom. The highest BCUT2D eigenvalue weighted by Gasteiger charge is 2.30. The number of carbonyl (C=O) groups excluding carboxylic acids is 1. The van der Waals surface area contributed by atoms with E-state index in [1.807, 2.05) is 55.9 Å². The summed E-state index contributed by atoms with van der Waals surface area (Å²) >= 11 is 3.44. The Labute approximate surface area is 155 Å². The minimum atomic E-state index is -0.599. The lowest BCUT2D eigenvalue weighted by Crippen LogP contribution is -2.36. The van der Waals surface area contributed by atoms with Crippen LogP contribution >= 0.6 is 15.9 Å². The minimum absolute atomic E-state index is 0.133. The van der Waals surface area contributed by atoms with E-state index in [9.17, 15) is 4.79 Å². The average molecular weight is 405 g/mol. The van der Waals surface area contributed by atoms with Gasteiger partial charge in [-0.3, -0.25) is 9.48 Å². The van der Waals surface area contributed by atoms with E-state index in [0.717, 1.165) is 33.5 Å². The van der Waals surface area contributed by atoms with E-state index < -0.39 is 6.10 Å². The van der Waals surface area contributed by atoms with Gasteiger partial charge in [-0.2, -0.15) is 5.10 Å². The van der Waals surface area contributed by atoms with Crippen LogP contribution in [0.25, 0.3) is 0 Å². The van der Waals surface area contributed by atoms with Gasteiger partial charge in [0.2, 0.25) is 6.10 Å². The molecule has 7 heteroatoms. The fourth-order valence-electron chi connectivity index (χ4n) is 2.86. The van der Waals surface area contributed by atoms with Crippen LogP contribution < -0.4 is 5.32 Å². The summed E-state index contributed by atoms with van der Waals surface area (Å²) in [6.07, 6.45) is 1.83. The molecule has 0 spiro atoms. The quantitative estimate of drug-likeness (QED) is 0.830. The van der Waals surface area contributed by atoms with E-state index >= 15 is 0 Å². The lowest BCUT2D eigenvalue weighted by molar-refractivity contribution is -0.131. The van der Waals surface area contributed by atoms with Crippen LogP contribution in [0.15, 0.2) is 40.1 Å². The number of hydrogen-bond acceptors (Lipinski definition) is 4. The predicted molar refractivity (Wildman–Crippen MR) is 99.4 cm³/mol. The molecule has 0 saturated carbocycles. The number of rotatable bonds is 5. The molecule has 6 nitrogen and oxygen atoms in total. The second kappa shape index (κ2) is 7.39. The summed E-state index contributed by atoms with van der Waals surface area (Å²) in [7, 11) is 0. The van der Waals surface area contributed by atoms with Gasteiger partial charge in [0, 0.05) is 34.8 Å². The zero-order chi connectivity index (χ0) is 18.0. The van der Waals surface area contributed by atoms with Crippen LogP contribution in [0.3, 0.4) is 0 Å². The van der Waals surface area contributed by atoms with Crippen molar-refractivity contribution >= 4 is 27.5 Å². The third kappa shape index (κ3) is 3.92. The molecule has 1 N–H and O–H groups in total. The van der Waals surface area contributed by atoms with Gasteiger partial charge in [-0.1, -0.05) is 33.2 Å². The standard InChI is InChI=1S/C18H21BrN4O2/c1-4-23-10-15(12(3)21-23)11(2)20-18(24)17-9-16(22-25-17)13-6-5-7-14(19)8-13/h5-8,10-11,17H,4,9H2,1-3H3,(H,20,24). The van der Waals surface area contributed by atoms with Crippen LogP contribution in [0, 0.1) is 6.92 Å². The fourth-order valence-corrected chi connectivity index (χ4v) is 3.26. The summed E-state index contributed by atoms with van der Waals surface area (Å²) in [5.74, 6) is -0.162. The Morgan fingerprint density at radius 3 is 3.00 bits per heavy atom. The highest BCUT2D eigenvalue weighted by molar-refractivity contribution is 9.10. The number of oxime groups is 1. The van der Waals surface area contributed by atoms with Crippen LogP contribution in [-0.4, -0.2) is 27.5 Å². The van der Waals surface area contributed by atoms with Crippen molar-refractivity contribution in [1.29, 1.82) is 0 Å². The molecule has 1 aromatic carbocycles. The van der Waals surface area contributed by atoms with Gasteiger partial charge in [0.1, 0.15) is 0 Å². The molecule has 0 radical (unpaired) electrons. The van der Waals surface area contributed by atoms with Crippen LogP contribution in [-0.2, 0) is 16.2 Å². The van der Waals surface area contributed by atoms with E-state index in [0.29, 0.717) is 6.42 Å². The molecule has 0 fully saturated rings. The lowest BCUT2D eigenvalue weighted by Gasteiger charge is -2.15. The van der Waals surface area contributed by atoms with Crippen molar-refractivity contribution in [3.63, 3.8) is 0 Å². The van der Waals surface area contributed by atoms with Gasteiger partial charge in [-0.05, 0) is 32.9 Å². The number of hydrogen-bond donors (Lipinski definition) is 1. The van der Waals surface area contributed by atoms with Crippen molar-refractivity contribution in [2.24, 2.45) is 5.16 Å². The molecular formula is C18H21BrN4O2. The summed E-state index contributed by atoms with van der Waals surface area (Å²) in [5.41, 5.74) is 3.68. The molecule has 2 heterocycles. The van der Waals surface area contributed by atoms with Gasteiger partial charge in [0.15, 0.2) is 0 Å². The van der Waals surface area contributed by atoms with E-state index in [4.69, 9.17) is 4.84 Å². The topological polar surface area (TPSA) is 68.5 Å². The Bertz CT molecular complexity index is 815. The van der Waals surface area contributed by atoms with Gasteiger partial charge < -0.3 is 10.2 Å². The lowest BCUT2D eigenvalue weighted by atomic mass is 10.0. The number of nitrogens with one attached hydrogen (secondary N) is 1. The van der Waals surface area contributed by atoms with Crippen LogP contribution in [0.4, 0.5) is 0 Å². The Kier molecular flexibility index (Phi) is 5.22. The average Bonchev–Trinajstić information content (AvgIpc) is 3.21. The van der Waals surface area contributed by atoms with Crippen molar-refractivity contribution in [2.45, 2.75) is 45.9 Å². The third-order valence-corrected chi connectivity index (χ3v) is 4.75. The number of aromatic nitrogens is 2. The molecule has 1 aromatic heterocycles.